The summed E-state index contributed by atoms with van der Waals surface area (Å²) in [4.78, 5) is 4.34. The molecule has 2 aromatic carbocycles. The highest BCUT2D eigenvalue weighted by molar-refractivity contribution is 7.14. The van der Waals surface area contributed by atoms with Crippen LogP contribution in [0.1, 0.15) is 5.56 Å². The normalized spacial score (nSPS) is 11.0. The Bertz CT molecular complexity index is 797. The van der Waals surface area contributed by atoms with Crippen molar-refractivity contribution in [2.24, 2.45) is 5.10 Å². The highest BCUT2D eigenvalue weighted by Gasteiger charge is 2.04. The van der Waals surface area contributed by atoms with E-state index in [1.54, 1.807) is 30.3 Å². The Labute approximate surface area is 130 Å². The molecule has 0 aliphatic rings. The van der Waals surface area contributed by atoms with E-state index in [0.717, 1.165) is 11.3 Å². The highest BCUT2D eigenvalue weighted by atomic mass is 32.1. The predicted octanol–water partition coefficient (Wildman–Crippen LogP) is 4.53. The van der Waals surface area contributed by atoms with Crippen molar-refractivity contribution in [1.29, 1.82) is 0 Å². The second-order valence-electron chi connectivity index (χ2n) is 4.44. The van der Waals surface area contributed by atoms with Crippen molar-refractivity contribution in [3.05, 3.63) is 71.1 Å². The Morgan fingerprint density at radius 2 is 1.82 bits per heavy atom. The van der Waals surface area contributed by atoms with Gasteiger partial charge in [-0.1, -0.05) is 18.2 Å². The van der Waals surface area contributed by atoms with E-state index in [1.165, 1.54) is 35.8 Å². The summed E-state index contributed by atoms with van der Waals surface area (Å²) in [5.74, 6) is -0.619. The Kier molecular flexibility index (Phi) is 4.20. The maximum Gasteiger partial charge on any atom is 0.203 e. The largest absolute Gasteiger partial charge is 0.253 e. The minimum Gasteiger partial charge on any atom is -0.253 e. The zero-order chi connectivity index (χ0) is 15.4. The summed E-state index contributed by atoms with van der Waals surface area (Å²) in [5.41, 5.74) is 4.70. The second kappa shape index (κ2) is 6.44. The molecule has 0 spiro atoms. The number of hydrogen-bond acceptors (Lipinski definition) is 4. The maximum atomic E-state index is 13.4. The van der Waals surface area contributed by atoms with Crippen LogP contribution in [0.25, 0.3) is 11.3 Å². The third-order valence-corrected chi connectivity index (χ3v) is 3.66. The molecule has 0 aliphatic heterocycles. The minimum absolute atomic E-state index is 0.285. The first-order chi connectivity index (χ1) is 10.7. The average Bonchev–Trinajstić information content (AvgIpc) is 2.99. The highest BCUT2D eigenvalue weighted by Crippen LogP contribution is 2.24. The van der Waals surface area contributed by atoms with Gasteiger partial charge in [-0.15, -0.1) is 11.3 Å². The van der Waals surface area contributed by atoms with Crippen LogP contribution >= 0.6 is 11.3 Å². The number of hydrogen-bond donors (Lipinski definition) is 1. The predicted molar refractivity (Wildman–Crippen MR) is 85.1 cm³/mol. The summed E-state index contributed by atoms with van der Waals surface area (Å²) in [6, 6.07) is 12.5. The van der Waals surface area contributed by atoms with Gasteiger partial charge in [0.1, 0.15) is 11.6 Å². The van der Waals surface area contributed by atoms with Crippen molar-refractivity contribution in [3.63, 3.8) is 0 Å². The van der Waals surface area contributed by atoms with Crippen molar-refractivity contribution in [3.8, 4) is 11.3 Å². The molecule has 110 valence electrons. The number of rotatable bonds is 4. The van der Waals surface area contributed by atoms with Gasteiger partial charge in [0.05, 0.1) is 11.9 Å². The zero-order valence-corrected chi connectivity index (χ0v) is 12.1. The molecule has 22 heavy (non-hydrogen) atoms. The third-order valence-electron chi connectivity index (χ3n) is 2.91. The SMILES string of the molecule is Fc1ccc(-c2csc(N/N=C\c3ccccc3F)n2)cc1. The molecule has 3 aromatic rings. The van der Waals surface area contributed by atoms with E-state index in [4.69, 9.17) is 0 Å². The van der Waals surface area contributed by atoms with Gasteiger partial charge in [-0.3, -0.25) is 5.43 Å². The lowest BCUT2D eigenvalue weighted by molar-refractivity contribution is 0.626. The van der Waals surface area contributed by atoms with Gasteiger partial charge in [0.2, 0.25) is 5.13 Å². The van der Waals surface area contributed by atoms with E-state index in [9.17, 15) is 8.78 Å². The molecule has 0 unspecified atom stereocenters. The van der Waals surface area contributed by atoms with Crippen LogP contribution in [0.3, 0.4) is 0 Å². The first-order valence-corrected chi connectivity index (χ1v) is 7.35. The number of halogens is 2. The molecule has 3 rings (SSSR count). The number of thiazole rings is 1. The lowest BCUT2D eigenvalue weighted by atomic mass is 10.2. The van der Waals surface area contributed by atoms with Gasteiger partial charge in [0.15, 0.2) is 0 Å². The van der Waals surface area contributed by atoms with Gasteiger partial charge in [-0.05, 0) is 30.3 Å². The monoisotopic (exact) mass is 315 g/mol. The van der Waals surface area contributed by atoms with Crippen LogP contribution in [-0.2, 0) is 0 Å². The van der Waals surface area contributed by atoms with E-state index in [2.05, 4.69) is 15.5 Å². The molecule has 0 fully saturated rings. The van der Waals surface area contributed by atoms with Crippen molar-refractivity contribution in [1.82, 2.24) is 4.98 Å². The first kappa shape index (κ1) is 14.3. The molecule has 6 heteroatoms. The topological polar surface area (TPSA) is 37.3 Å². The minimum atomic E-state index is -0.334. The molecule has 1 heterocycles. The quantitative estimate of drug-likeness (QED) is 0.567. The molecule has 3 nitrogen and oxygen atoms in total. The molecule has 0 amide bonds. The fourth-order valence-electron chi connectivity index (χ4n) is 1.82. The average molecular weight is 315 g/mol. The van der Waals surface area contributed by atoms with E-state index >= 15 is 0 Å². The zero-order valence-electron chi connectivity index (χ0n) is 11.3. The summed E-state index contributed by atoms with van der Waals surface area (Å²) in [7, 11) is 0. The molecule has 0 aliphatic carbocycles. The lowest BCUT2D eigenvalue weighted by Crippen LogP contribution is -1.92. The molecular formula is C16H11F2N3S. The molecule has 0 atom stereocenters. The van der Waals surface area contributed by atoms with Crippen LogP contribution in [0.15, 0.2) is 59.0 Å². The van der Waals surface area contributed by atoms with Crippen molar-refractivity contribution in [2.45, 2.75) is 0 Å². The first-order valence-electron chi connectivity index (χ1n) is 6.47. The van der Waals surface area contributed by atoms with Gasteiger partial charge < -0.3 is 0 Å². The standard InChI is InChI=1S/C16H11F2N3S/c17-13-7-5-11(6-8-13)15-10-22-16(20-15)21-19-9-12-3-1-2-4-14(12)18/h1-10H,(H,20,21)/b19-9-. The Hall–Kier alpha value is -2.60. The van der Waals surface area contributed by atoms with Crippen LogP contribution in [0, 0.1) is 11.6 Å². The molecule has 1 aromatic heterocycles. The third kappa shape index (κ3) is 3.35. The Balaban J connectivity index is 1.70. The van der Waals surface area contributed by atoms with E-state index in [0.29, 0.717) is 10.7 Å². The smallest absolute Gasteiger partial charge is 0.203 e. The number of benzene rings is 2. The lowest BCUT2D eigenvalue weighted by Gasteiger charge is -1.97. The van der Waals surface area contributed by atoms with E-state index in [1.807, 2.05) is 5.38 Å². The van der Waals surface area contributed by atoms with Crippen LogP contribution in [0.2, 0.25) is 0 Å². The number of hydrazone groups is 1. The van der Waals surface area contributed by atoms with E-state index < -0.39 is 0 Å². The number of nitrogens with zero attached hydrogens (tertiary/aromatic N) is 2. The van der Waals surface area contributed by atoms with Crippen LogP contribution in [0.5, 0.6) is 0 Å². The van der Waals surface area contributed by atoms with Crippen LogP contribution in [-0.4, -0.2) is 11.2 Å². The summed E-state index contributed by atoms with van der Waals surface area (Å²) >= 11 is 1.36. The summed E-state index contributed by atoms with van der Waals surface area (Å²) in [5, 5.41) is 6.38. The second-order valence-corrected chi connectivity index (χ2v) is 5.29. The number of anilines is 1. The van der Waals surface area contributed by atoms with Crippen LogP contribution < -0.4 is 5.43 Å². The summed E-state index contributed by atoms with van der Waals surface area (Å²) in [6.07, 6.45) is 1.40. The molecular weight excluding hydrogens is 304 g/mol. The summed E-state index contributed by atoms with van der Waals surface area (Å²) < 4.78 is 26.3. The fraction of sp³-hybridized carbons (Fsp3) is 0. The molecule has 0 radical (unpaired) electrons. The molecule has 0 bridgehead atoms. The number of nitrogens with one attached hydrogen (secondary N) is 1. The van der Waals surface area contributed by atoms with Gasteiger partial charge in [0.25, 0.3) is 0 Å². The molecule has 0 saturated carbocycles. The molecule has 1 N–H and O–H groups in total. The van der Waals surface area contributed by atoms with Crippen molar-refractivity contribution < 1.29 is 8.78 Å². The Morgan fingerprint density at radius 3 is 2.59 bits per heavy atom. The Morgan fingerprint density at radius 1 is 1.05 bits per heavy atom. The fourth-order valence-corrected chi connectivity index (χ4v) is 2.48. The molecule has 0 saturated heterocycles. The summed E-state index contributed by atoms with van der Waals surface area (Å²) in [6.45, 7) is 0. The van der Waals surface area contributed by atoms with Crippen molar-refractivity contribution in [2.75, 3.05) is 5.43 Å². The van der Waals surface area contributed by atoms with Crippen LogP contribution in [0.4, 0.5) is 13.9 Å². The number of aromatic nitrogens is 1. The van der Waals surface area contributed by atoms with Gasteiger partial charge in [0, 0.05) is 16.5 Å². The maximum absolute atomic E-state index is 13.4. The van der Waals surface area contributed by atoms with Gasteiger partial charge in [-0.25, -0.2) is 13.8 Å². The van der Waals surface area contributed by atoms with Gasteiger partial charge >= 0.3 is 0 Å². The van der Waals surface area contributed by atoms with Gasteiger partial charge in [-0.2, -0.15) is 5.10 Å². The van der Waals surface area contributed by atoms with Crippen molar-refractivity contribution >= 4 is 22.7 Å². The van der Waals surface area contributed by atoms with E-state index in [-0.39, 0.29) is 11.6 Å².